The second-order valence-corrected chi connectivity index (χ2v) is 6.29. The van der Waals surface area contributed by atoms with E-state index in [1.807, 2.05) is 4.90 Å². The van der Waals surface area contributed by atoms with E-state index < -0.39 is 5.97 Å². The highest BCUT2D eigenvalue weighted by Gasteiger charge is 2.33. The summed E-state index contributed by atoms with van der Waals surface area (Å²) in [4.78, 5) is 27.5. The lowest BCUT2D eigenvalue weighted by Crippen LogP contribution is -2.51. The van der Waals surface area contributed by atoms with Gasteiger partial charge in [-0.1, -0.05) is 0 Å². The van der Waals surface area contributed by atoms with Gasteiger partial charge in [-0.05, 0) is 52.5 Å². The van der Waals surface area contributed by atoms with Crippen LogP contribution in [-0.2, 0) is 9.59 Å². The highest BCUT2D eigenvalue weighted by Crippen LogP contribution is 2.25. The first-order valence-corrected chi connectivity index (χ1v) is 7.76. The van der Waals surface area contributed by atoms with E-state index in [1.165, 1.54) is 6.42 Å². The zero-order chi connectivity index (χ0) is 14.7. The molecular formula is C15H26N2O3. The number of rotatable bonds is 4. The minimum Gasteiger partial charge on any atom is -0.481 e. The lowest BCUT2D eigenvalue weighted by Gasteiger charge is -2.40. The molecule has 2 rings (SSSR count). The lowest BCUT2D eigenvalue weighted by atomic mass is 9.97. The van der Waals surface area contributed by atoms with Crippen molar-refractivity contribution in [1.82, 2.24) is 9.80 Å². The zero-order valence-electron chi connectivity index (χ0n) is 12.5. The highest BCUT2D eigenvalue weighted by atomic mass is 16.4. The van der Waals surface area contributed by atoms with Gasteiger partial charge in [0.1, 0.15) is 0 Å². The number of carbonyl (C=O) groups is 2. The molecule has 1 amide bonds. The zero-order valence-corrected chi connectivity index (χ0v) is 12.5. The van der Waals surface area contributed by atoms with Crippen LogP contribution in [0.5, 0.6) is 0 Å². The van der Waals surface area contributed by atoms with Crippen LogP contribution in [0.3, 0.4) is 0 Å². The molecule has 3 atom stereocenters. The summed E-state index contributed by atoms with van der Waals surface area (Å²) >= 11 is 0. The summed E-state index contributed by atoms with van der Waals surface area (Å²) in [5.41, 5.74) is 0. The number of carboxylic acids is 1. The predicted octanol–water partition coefficient (Wildman–Crippen LogP) is 1.72. The molecule has 2 aliphatic heterocycles. The van der Waals surface area contributed by atoms with Crippen LogP contribution in [0, 0.1) is 0 Å². The van der Waals surface area contributed by atoms with Crippen molar-refractivity contribution in [2.45, 2.75) is 70.5 Å². The summed E-state index contributed by atoms with van der Waals surface area (Å²) in [5.74, 6) is -0.601. The maximum Gasteiger partial charge on any atom is 0.304 e. The Hall–Kier alpha value is -1.10. The number of piperidine rings is 1. The number of nitrogens with zero attached hydrogens (tertiary/aromatic N) is 2. The van der Waals surface area contributed by atoms with Crippen molar-refractivity contribution >= 4 is 11.9 Å². The molecule has 0 aromatic carbocycles. The smallest absolute Gasteiger partial charge is 0.304 e. The topological polar surface area (TPSA) is 60.9 Å². The van der Waals surface area contributed by atoms with Crippen LogP contribution < -0.4 is 0 Å². The average Bonchev–Trinajstić information content (AvgIpc) is 2.75. The first-order valence-electron chi connectivity index (χ1n) is 7.76. The third-order valence-corrected chi connectivity index (χ3v) is 4.73. The summed E-state index contributed by atoms with van der Waals surface area (Å²) in [5, 5.41) is 8.94. The first-order chi connectivity index (χ1) is 9.49. The molecule has 5 heteroatoms. The van der Waals surface area contributed by atoms with E-state index in [-0.39, 0.29) is 18.4 Å². The Balaban J connectivity index is 1.94. The van der Waals surface area contributed by atoms with Crippen LogP contribution >= 0.6 is 0 Å². The van der Waals surface area contributed by atoms with E-state index in [0.717, 1.165) is 32.2 Å². The maximum absolute atomic E-state index is 12.5. The summed E-state index contributed by atoms with van der Waals surface area (Å²) in [7, 11) is 0. The SMILES string of the molecule is CC1CCCC(C)N1C(=O)CN1CCCC1CC(=O)O. The van der Waals surface area contributed by atoms with E-state index in [0.29, 0.717) is 18.6 Å². The van der Waals surface area contributed by atoms with E-state index in [2.05, 4.69) is 18.7 Å². The van der Waals surface area contributed by atoms with E-state index in [1.54, 1.807) is 0 Å². The number of carboxylic acid groups (broad SMARTS) is 1. The van der Waals surface area contributed by atoms with Crippen LogP contribution in [0.1, 0.15) is 52.4 Å². The first kappa shape index (κ1) is 15.3. The third-order valence-electron chi connectivity index (χ3n) is 4.73. The van der Waals surface area contributed by atoms with Gasteiger partial charge in [-0.25, -0.2) is 0 Å². The number of hydrogen-bond acceptors (Lipinski definition) is 3. The van der Waals surface area contributed by atoms with Crippen LogP contribution in [0.25, 0.3) is 0 Å². The predicted molar refractivity (Wildman–Crippen MR) is 76.5 cm³/mol. The summed E-state index contributed by atoms with van der Waals surface area (Å²) in [6.45, 7) is 5.46. The Morgan fingerprint density at radius 2 is 1.75 bits per heavy atom. The molecule has 3 unspecified atom stereocenters. The normalized spacial score (nSPS) is 31.5. The molecule has 2 saturated heterocycles. The van der Waals surface area contributed by atoms with Gasteiger partial charge in [0.2, 0.25) is 5.91 Å². The molecule has 2 heterocycles. The molecule has 0 aromatic rings. The van der Waals surface area contributed by atoms with Crippen molar-refractivity contribution in [1.29, 1.82) is 0 Å². The molecule has 0 spiro atoms. The summed E-state index contributed by atoms with van der Waals surface area (Å²) < 4.78 is 0. The van der Waals surface area contributed by atoms with Gasteiger partial charge in [-0.15, -0.1) is 0 Å². The fraction of sp³-hybridized carbons (Fsp3) is 0.867. The Bertz CT molecular complexity index is 362. The van der Waals surface area contributed by atoms with E-state index in [4.69, 9.17) is 5.11 Å². The largest absolute Gasteiger partial charge is 0.481 e. The molecule has 2 fully saturated rings. The van der Waals surface area contributed by atoms with Gasteiger partial charge in [0.25, 0.3) is 0 Å². The summed E-state index contributed by atoms with van der Waals surface area (Å²) in [6.07, 6.45) is 5.39. The van der Waals surface area contributed by atoms with Gasteiger partial charge >= 0.3 is 5.97 Å². The third kappa shape index (κ3) is 3.51. The average molecular weight is 282 g/mol. The molecule has 1 N–H and O–H groups in total. The number of hydrogen-bond donors (Lipinski definition) is 1. The molecule has 20 heavy (non-hydrogen) atoms. The molecule has 2 aliphatic rings. The van der Waals surface area contributed by atoms with Gasteiger partial charge in [0, 0.05) is 18.1 Å². The Labute approximate surface area is 120 Å². The minimum absolute atomic E-state index is 0.0341. The molecule has 0 radical (unpaired) electrons. The van der Waals surface area contributed by atoms with Crippen molar-refractivity contribution in [2.24, 2.45) is 0 Å². The second-order valence-electron chi connectivity index (χ2n) is 6.29. The van der Waals surface area contributed by atoms with Gasteiger partial charge in [0.05, 0.1) is 13.0 Å². The molecular weight excluding hydrogens is 256 g/mol. The van der Waals surface area contributed by atoms with Gasteiger partial charge in [-0.2, -0.15) is 0 Å². The van der Waals surface area contributed by atoms with Gasteiger partial charge in [0.15, 0.2) is 0 Å². The molecule has 0 bridgehead atoms. The second kappa shape index (κ2) is 6.57. The van der Waals surface area contributed by atoms with Gasteiger partial charge < -0.3 is 10.0 Å². The fourth-order valence-corrected chi connectivity index (χ4v) is 3.70. The fourth-order valence-electron chi connectivity index (χ4n) is 3.70. The number of amides is 1. The monoisotopic (exact) mass is 282 g/mol. The number of aliphatic carboxylic acids is 1. The van der Waals surface area contributed by atoms with Crippen molar-refractivity contribution < 1.29 is 14.7 Å². The van der Waals surface area contributed by atoms with Crippen LogP contribution in [-0.4, -0.2) is 58.0 Å². The quantitative estimate of drug-likeness (QED) is 0.853. The molecule has 0 aromatic heterocycles. The summed E-state index contributed by atoms with van der Waals surface area (Å²) in [6, 6.07) is 0.658. The Morgan fingerprint density at radius 3 is 2.35 bits per heavy atom. The lowest BCUT2D eigenvalue weighted by molar-refractivity contribution is -0.141. The molecule has 0 saturated carbocycles. The standard InChI is InChI=1S/C15H26N2O3/c1-11-5-3-6-12(2)17(11)14(18)10-16-8-4-7-13(16)9-15(19)20/h11-13H,3-10H2,1-2H3,(H,19,20). The maximum atomic E-state index is 12.5. The van der Waals surface area contributed by atoms with Gasteiger partial charge in [-0.3, -0.25) is 14.5 Å². The van der Waals surface area contributed by atoms with Crippen LogP contribution in [0.4, 0.5) is 0 Å². The van der Waals surface area contributed by atoms with Crippen molar-refractivity contribution in [3.63, 3.8) is 0 Å². The molecule has 114 valence electrons. The minimum atomic E-state index is -0.769. The van der Waals surface area contributed by atoms with Crippen molar-refractivity contribution in [3.05, 3.63) is 0 Å². The number of carbonyl (C=O) groups excluding carboxylic acids is 1. The van der Waals surface area contributed by atoms with E-state index >= 15 is 0 Å². The molecule has 0 aliphatic carbocycles. The van der Waals surface area contributed by atoms with Crippen LogP contribution in [0.2, 0.25) is 0 Å². The highest BCUT2D eigenvalue weighted by molar-refractivity contribution is 5.79. The Kier molecular flexibility index (Phi) is 5.02. The Morgan fingerprint density at radius 1 is 1.10 bits per heavy atom. The van der Waals surface area contributed by atoms with Crippen molar-refractivity contribution in [3.8, 4) is 0 Å². The van der Waals surface area contributed by atoms with E-state index in [9.17, 15) is 9.59 Å². The van der Waals surface area contributed by atoms with Crippen LogP contribution in [0.15, 0.2) is 0 Å². The molecule has 5 nitrogen and oxygen atoms in total. The number of likely N-dealkylation sites (tertiary alicyclic amines) is 2. The van der Waals surface area contributed by atoms with Crippen molar-refractivity contribution in [2.75, 3.05) is 13.1 Å².